The summed E-state index contributed by atoms with van der Waals surface area (Å²) in [4.78, 5) is 10.5. The molecule has 0 saturated carbocycles. The Labute approximate surface area is 120 Å². The highest BCUT2D eigenvalue weighted by atomic mass is 16.5. The molecular weight excluding hydrogens is 250 g/mol. The summed E-state index contributed by atoms with van der Waals surface area (Å²) in [6.45, 7) is 5.13. The van der Waals surface area contributed by atoms with Gasteiger partial charge in [-0.2, -0.15) is 0 Å². The van der Waals surface area contributed by atoms with Gasteiger partial charge in [0.05, 0.1) is 17.1 Å². The molecule has 4 heteroatoms. The van der Waals surface area contributed by atoms with Gasteiger partial charge >= 0.3 is 0 Å². The molecule has 1 unspecified atom stereocenters. The molecule has 1 saturated heterocycles. The third-order valence-corrected chi connectivity index (χ3v) is 3.91. The number of anilines is 1. The number of aromatic amines is 1. The van der Waals surface area contributed by atoms with Gasteiger partial charge in [-0.05, 0) is 37.8 Å². The highest BCUT2D eigenvalue weighted by Crippen LogP contribution is 2.21. The van der Waals surface area contributed by atoms with E-state index in [2.05, 4.69) is 28.9 Å². The van der Waals surface area contributed by atoms with Crippen LogP contribution in [0.3, 0.4) is 0 Å². The maximum Gasteiger partial charge on any atom is 0.203 e. The monoisotopic (exact) mass is 273 g/mol. The minimum absolute atomic E-state index is 0.421. The van der Waals surface area contributed by atoms with Crippen molar-refractivity contribution in [2.24, 2.45) is 0 Å². The maximum atomic E-state index is 5.90. The number of H-pyrrole nitrogens is 1. The van der Waals surface area contributed by atoms with Crippen LogP contribution in [0.4, 0.5) is 5.95 Å². The third-order valence-electron chi connectivity index (χ3n) is 3.91. The van der Waals surface area contributed by atoms with Crippen LogP contribution in [0.15, 0.2) is 24.3 Å². The van der Waals surface area contributed by atoms with E-state index in [-0.39, 0.29) is 0 Å². The zero-order valence-corrected chi connectivity index (χ0v) is 12.1. The fraction of sp³-hybridized carbons (Fsp3) is 0.562. The topological polar surface area (TPSA) is 41.1 Å². The number of imidazole rings is 1. The summed E-state index contributed by atoms with van der Waals surface area (Å²) in [5.41, 5.74) is 2.16. The number of fused-ring (bicyclic) bond motifs is 1. The van der Waals surface area contributed by atoms with Crippen molar-refractivity contribution in [1.29, 1.82) is 0 Å². The molecule has 0 bridgehead atoms. The number of rotatable bonds is 4. The molecule has 1 aromatic carbocycles. The SMILES string of the molecule is CCCOC1CCCN(c2nc3ccccc3[nH]2)CC1. The Balaban J connectivity index is 1.68. The van der Waals surface area contributed by atoms with Gasteiger partial charge < -0.3 is 14.6 Å². The largest absolute Gasteiger partial charge is 0.378 e. The summed E-state index contributed by atoms with van der Waals surface area (Å²) in [7, 11) is 0. The summed E-state index contributed by atoms with van der Waals surface area (Å²) in [6, 6.07) is 8.21. The van der Waals surface area contributed by atoms with E-state index in [9.17, 15) is 0 Å². The molecule has 3 rings (SSSR count). The summed E-state index contributed by atoms with van der Waals surface area (Å²) < 4.78 is 5.90. The first-order valence-corrected chi connectivity index (χ1v) is 7.68. The number of ether oxygens (including phenoxy) is 1. The van der Waals surface area contributed by atoms with Gasteiger partial charge in [0.1, 0.15) is 0 Å². The van der Waals surface area contributed by atoms with Crippen LogP contribution in [0.1, 0.15) is 32.6 Å². The minimum atomic E-state index is 0.421. The molecule has 1 aliphatic heterocycles. The Kier molecular flexibility index (Phi) is 4.21. The number of benzene rings is 1. The van der Waals surface area contributed by atoms with Gasteiger partial charge in [0.15, 0.2) is 0 Å². The van der Waals surface area contributed by atoms with Gasteiger partial charge in [-0.3, -0.25) is 0 Å². The van der Waals surface area contributed by atoms with Crippen LogP contribution in [0.25, 0.3) is 11.0 Å². The summed E-state index contributed by atoms with van der Waals surface area (Å²) in [5.74, 6) is 1.00. The molecule has 108 valence electrons. The normalized spacial score (nSPS) is 20.2. The lowest BCUT2D eigenvalue weighted by atomic mass is 10.2. The zero-order valence-electron chi connectivity index (χ0n) is 12.1. The van der Waals surface area contributed by atoms with Crippen LogP contribution in [0.5, 0.6) is 0 Å². The summed E-state index contributed by atoms with van der Waals surface area (Å²) in [6.07, 6.45) is 4.95. The van der Waals surface area contributed by atoms with Gasteiger partial charge in [-0.25, -0.2) is 4.98 Å². The van der Waals surface area contributed by atoms with Crippen molar-refractivity contribution in [2.75, 3.05) is 24.6 Å². The molecule has 1 fully saturated rings. The van der Waals surface area contributed by atoms with Crippen molar-refractivity contribution in [3.63, 3.8) is 0 Å². The first kappa shape index (κ1) is 13.4. The van der Waals surface area contributed by atoms with Crippen LogP contribution in [-0.2, 0) is 4.74 Å². The van der Waals surface area contributed by atoms with Crippen LogP contribution >= 0.6 is 0 Å². The Morgan fingerprint density at radius 2 is 2.20 bits per heavy atom. The molecule has 1 aliphatic rings. The van der Waals surface area contributed by atoms with Gasteiger partial charge in [0.25, 0.3) is 0 Å². The van der Waals surface area contributed by atoms with Crippen molar-refractivity contribution in [3.8, 4) is 0 Å². The third kappa shape index (κ3) is 2.96. The highest BCUT2D eigenvalue weighted by molar-refractivity contribution is 5.77. The molecule has 2 heterocycles. The van der Waals surface area contributed by atoms with Crippen LogP contribution in [0, 0.1) is 0 Å². The average Bonchev–Trinajstić information content (AvgIpc) is 2.76. The zero-order chi connectivity index (χ0) is 13.8. The molecule has 1 aromatic heterocycles. The molecule has 1 N–H and O–H groups in total. The molecule has 0 spiro atoms. The van der Waals surface area contributed by atoms with Crippen LogP contribution in [-0.4, -0.2) is 35.8 Å². The molecular formula is C16H23N3O. The Morgan fingerprint density at radius 3 is 3.05 bits per heavy atom. The number of para-hydroxylation sites is 2. The van der Waals surface area contributed by atoms with Crippen molar-refractivity contribution >= 4 is 17.0 Å². The summed E-state index contributed by atoms with van der Waals surface area (Å²) in [5, 5.41) is 0. The molecule has 4 nitrogen and oxygen atoms in total. The quantitative estimate of drug-likeness (QED) is 0.928. The smallest absolute Gasteiger partial charge is 0.203 e. The van der Waals surface area contributed by atoms with Crippen molar-refractivity contribution < 1.29 is 4.74 Å². The Hall–Kier alpha value is -1.55. The Morgan fingerprint density at radius 1 is 1.30 bits per heavy atom. The van der Waals surface area contributed by atoms with Gasteiger partial charge in [0.2, 0.25) is 5.95 Å². The van der Waals surface area contributed by atoms with E-state index in [1.165, 1.54) is 6.42 Å². The predicted octanol–water partition coefficient (Wildman–Crippen LogP) is 3.35. The van der Waals surface area contributed by atoms with Gasteiger partial charge in [-0.15, -0.1) is 0 Å². The summed E-state index contributed by atoms with van der Waals surface area (Å²) >= 11 is 0. The fourth-order valence-corrected chi connectivity index (χ4v) is 2.82. The second kappa shape index (κ2) is 6.27. The fourth-order valence-electron chi connectivity index (χ4n) is 2.82. The first-order valence-electron chi connectivity index (χ1n) is 7.68. The van der Waals surface area contributed by atoms with Gasteiger partial charge in [0, 0.05) is 19.7 Å². The lowest BCUT2D eigenvalue weighted by Gasteiger charge is -2.19. The maximum absolute atomic E-state index is 5.90. The molecule has 0 amide bonds. The number of nitrogens with one attached hydrogen (secondary N) is 1. The van der Waals surface area contributed by atoms with E-state index in [1.807, 2.05) is 12.1 Å². The van der Waals surface area contributed by atoms with Crippen molar-refractivity contribution in [1.82, 2.24) is 9.97 Å². The molecule has 20 heavy (non-hydrogen) atoms. The van der Waals surface area contributed by atoms with E-state index < -0.39 is 0 Å². The lowest BCUT2D eigenvalue weighted by molar-refractivity contribution is 0.0461. The first-order chi connectivity index (χ1) is 9.86. The molecule has 0 radical (unpaired) electrons. The number of hydrogen-bond donors (Lipinski definition) is 1. The number of hydrogen-bond acceptors (Lipinski definition) is 3. The highest BCUT2D eigenvalue weighted by Gasteiger charge is 2.19. The predicted molar refractivity (Wildman–Crippen MR) is 82.2 cm³/mol. The number of nitrogens with zero attached hydrogens (tertiary/aromatic N) is 2. The second-order valence-corrected chi connectivity index (χ2v) is 5.49. The van der Waals surface area contributed by atoms with Crippen LogP contribution in [0.2, 0.25) is 0 Å². The number of aromatic nitrogens is 2. The van der Waals surface area contributed by atoms with Crippen molar-refractivity contribution in [2.45, 2.75) is 38.7 Å². The lowest BCUT2D eigenvalue weighted by Crippen LogP contribution is -2.26. The van der Waals surface area contributed by atoms with E-state index in [0.29, 0.717) is 6.10 Å². The van der Waals surface area contributed by atoms with E-state index in [4.69, 9.17) is 9.72 Å². The minimum Gasteiger partial charge on any atom is -0.378 e. The van der Waals surface area contributed by atoms with Crippen molar-refractivity contribution in [3.05, 3.63) is 24.3 Å². The second-order valence-electron chi connectivity index (χ2n) is 5.49. The van der Waals surface area contributed by atoms with E-state index in [0.717, 1.165) is 55.9 Å². The van der Waals surface area contributed by atoms with E-state index >= 15 is 0 Å². The Bertz CT molecular complexity index is 518. The standard InChI is InChI=1S/C16H23N3O/c1-2-12-20-13-6-5-10-19(11-9-13)16-17-14-7-3-4-8-15(14)18-16/h3-4,7-8,13H,2,5-6,9-12H2,1H3,(H,17,18). The van der Waals surface area contributed by atoms with Crippen LogP contribution < -0.4 is 4.90 Å². The average molecular weight is 273 g/mol. The van der Waals surface area contributed by atoms with Gasteiger partial charge in [-0.1, -0.05) is 19.1 Å². The molecule has 0 aliphatic carbocycles. The van der Waals surface area contributed by atoms with E-state index in [1.54, 1.807) is 0 Å². The molecule has 1 atom stereocenters. The molecule has 2 aromatic rings.